The van der Waals surface area contributed by atoms with Crippen LogP contribution in [0, 0.1) is 11.3 Å². The van der Waals surface area contributed by atoms with Gasteiger partial charge in [0, 0.05) is 18.8 Å². The van der Waals surface area contributed by atoms with E-state index in [1.165, 1.54) is 23.1 Å². The van der Waals surface area contributed by atoms with E-state index in [1.54, 1.807) is 0 Å². The monoisotopic (exact) mass is 335 g/mol. The van der Waals surface area contributed by atoms with Gasteiger partial charge in [-0.1, -0.05) is 11.6 Å². The zero-order valence-electron chi connectivity index (χ0n) is 13.2. The predicted molar refractivity (Wildman–Crippen MR) is 86.0 cm³/mol. The van der Waals surface area contributed by atoms with Gasteiger partial charge in [0.05, 0.1) is 22.3 Å². The van der Waals surface area contributed by atoms with Crippen LogP contribution < -0.4 is 5.32 Å². The van der Waals surface area contributed by atoms with Crippen LogP contribution in [0.3, 0.4) is 0 Å². The molecule has 1 atom stereocenters. The summed E-state index contributed by atoms with van der Waals surface area (Å²) in [5.74, 6) is -1.36. The Bertz CT molecular complexity index is 682. The van der Waals surface area contributed by atoms with E-state index in [1.807, 2.05) is 26.8 Å². The standard InChI is InChI=1S/C16H18ClN3O3/c1-10-8-20(9-16(2,3)23-10)15(22)14(21)19-12-5-4-11(7-18)13(17)6-12/h4-6,10H,8-9H2,1-3H3,(H,19,21)/t10-/m1/s1. The number of anilines is 1. The van der Waals surface area contributed by atoms with Crippen molar-refractivity contribution < 1.29 is 14.3 Å². The average Bonchev–Trinajstić information content (AvgIpc) is 2.44. The predicted octanol–water partition coefficient (Wildman–Crippen LogP) is 2.18. The highest BCUT2D eigenvalue weighted by molar-refractivity contribution is 6.39. The number of rotatable bonds is 1. The topological polar surface area (TPSA) is 82.4 Å². The van der Waals surface area contributed by atoms with Crippen LogP contribution in [0.4, 0.5) is 5.69 Å². The highest BCUT2D eigenvalue weighted by atomic mass is 35.5. The fourth-order valence-corrected chi connectivity index (χ4v) is 2.84. The SMILES string of the molecule is C[C@@H]1CN(C(=O)C(=O)Nc2ccc(C#N)c(Cl)c2)CC(C)(C)O1. The minimum atomic E-state index is -0.740. The molecule has 0 radical (unpaired) electrons. The number of nitrogens with one attached hydrogen (secondary N) is 1. The van der Waals surface area contributed by atoms with Crippen molar-refractivity contribution in [2.45, 2.75) is 32.5 Å². The third-order valence-corrected chi connectivity index (χ3v) is 3.71. The first-order valence-corrected chi connectivity index (χ1v) is 7.57. The molecule has 0 aromatic heterocycles. The Balaban J connectivity index is 2.07. The molecule has 1 aliphatic heterocycles. The van der Waals surface area contributed by atoms with Crippen LogP contribution in [0.5, 0.6) is 0 Å². The van der Waals surface area contributed by atoms with E-state index in [-0.39, 0.29) is 11.1 Å². The van der Waals surface area contributed by atoms with Gasteiger partial charge in [0.15, 0.2) is 0 Å². The zero-order chi connectivity index (χ0) is 17.2. The summed E-state index contributed by atoms with van der Waals surface area (Å²) < 4.78 is 5.72. The quantitative estimate of drug-likeness (QED) is 0.797. The van der Waals surface area contributed by atoms with Crippen molar-refractivity contribution in [1.82, 2.24) is 4.90 Å². The summed E-state index contributed by atoms with van der Waals surface area (Å²) in [6, 6.07) is 6.39. The third-order valence-electron chi connectivity index (χ3n) is 3.40. The van der Waals surface area contributed by atoms with Crippen LogP contribution in [0.25, 0.3) is 0 Å². The summed E-state index contributed by atoms with van der Waals surface area (Å²) in [5, 5.41) is 11.6. The first kappa shape index (κ1) is 17.3. The molecule has 1 aliphatic rings. The molecule has 122 valence electrons. The molecule has 7 heteroatoms. The van der Waals surface area contributed by atoms with Gasteiger partial charge < -0.3 is 15.0 Å². The summed E-state index contributed by atoms with van der Waals surface area (Å²) in [6.07, 6.45) is -0.139. The number of nitrogens with zero attached hydrogens (tertiary/aromatic N) is 2. The van der Waals surface area contributed by atoms with E-state index in [0.717, 1.165) is 0 Å². The number of benzene rings is 1. The van der Waals surface area contributed by atoms with E-state index in [9.17, 15) is 9.59 Å². The summed E-state index contributed by atoms with van der Waals surface area (Å²) in [4.78, 5) is 25.9. The second-order valence-electron chi connectivity index (χ2n) is 6.13. The molecule has 1 fully saturated rings. The molecule has 0 saturated carbocycles. The molecule has 0 aliphatic carbocycles. The van der Waals surface area contributed by atoms with Crippen LogP contribution in [0.2, 0.25) is 5.02 Å². The van der Waals surface area contributed by atoms with E-state index in [0.29, 0.717) is 24.3 Å². The Morgan fingerprint density at radius 2 is 2.17 bits per heavy atom. The highest BCUT2D eigenvalue weighted by Crippen LogP contribution is 2.22. The van der Waals surface area contributed by atoms with Crippen LogP contribution in [-0.4, -0.2) is 41.5 Å². The van der Waals surface area contributed by atoms with Gasteiger partial charge in [-0.2, -0.15) is 5.26 Å². The Morgan fingerprint density at radius 3 is 2.74 bits per heavy atom. The van der Waals surface area contributed by atoms with Crippen molar-refractivity contribution in [3.05, 3.63) is 28.8 Å². The summed E-state index contributed by atoms with van der Waals surface area (Å²) >= 11 is 5.91. The molecule has 0 bridgehead atoms. The Hall–Kier alpha value is -2.10. The fraction of sp³-hybridized carbons (Fsp3) is 0.438. The fourth-order valence-electron chi connectivity index (χ4n) is 2.62. The number of nitriles is 1. The average molecular weight is 336 g/mol. The minimum Gasteiger partial charge on any atom is -0.369 e. The number of hydrogen-bond acceptors (Lipinski definition) is 4. The van der Waals surface area contributed by atoms with Gasteiger partial charge in [-0.3, -0.25) is 9.59 Å². The summed E-state index contributed by atoms with van der Waals surface area (Å²) in [5.41, 5.74) is 0.179. The second kappa shape index (κ2) is 6.57. The summed E-state index contributed by atoms with van der Waals surface area (Å²) in [7, 11) is 0. The van der Waals surface area contributed by atoms with E-state index < -0.39 is 17.4 Å². The first-order chi connectivity index (χ1) is 10.7. The lowest BCUT2D eigenvalue weighted by atomic mass is 10.1. The van der Waals surface area contributed by atoms with Gasteiger partial charge >= 0.3 is 11.8 Å². The van der Waals surface area contributed by atoms with Crippen LogP contribution >= 0.6 is 11.6 Å². The van der Waals surface area contributed by atoms with Crippen molar-refractivity contribution >= 4 is 29.1 Å². The van der Waals surface area contributed by atoms with Crippen LogP contribution in [-0.2, 0) is 14.3 Å². The van der Waals surface area contributed by atoms with Crippen LogP contribution in [0.15, 0.2) is 18.2 Å². The first-order valence-electron chi connectivity index (χ1n) is 7.19. The van der Waals surface area contributed by atoms with E-state index in [2.05, 4.69) is 5.32 Å². The Kier molecular flexibility index (Phi) is 4.93. The van der Waals surface area contributed by atoms with Gasteiger partial charge in [0.1, 0.15) is 6.07 Å². The molecule has 6 nitrogen and oxygen atoms in total. The molecule has 1 N–H and O–H groups in total. The normalized spacial score (nSPS) is 19.8. The number of amides is 2. The third kappa shape index (κ3) is 4.21. The van der Waals surface area contributed by atoms with Gasteiger partial charge in [-0.15, -0.1) is 0 Å². The number of ether oxygens (including phenoxy) is 1. The Labute approximate surface area is 140 Å². The van der Waals surface area contributed by atoms with Gasteiger partial charge in [-0.25, -0.2) is 0 Å². The number of hydrogen-bond donors (Lipinski definition) is 1. The minimum absolute atomic E-state index is 0.139. The lowest BCUT2D eigenvalue weighted by Gasteiger charge is -2.41. The maximum Gasteiger partial charge on any atom is 0.313 e. The number of morpholine rings is 1. The van der Waals surface area contributed by atoms with Crippen molar-refractivity contribution in [1.29, 1.82) is 5.26 Å². The molecule has 23 heavy (non-hydrogen) atoms. The lowest BCUT2D eigenvalue weighted by molar-refractivity contribution is -0.161. The molecule has 1 saturated heterocycles. The van der Waals surface area contributed by atoms with E-state index in [4.69, 9.17) is 21.6 Å². The molecular formula is C16H18ClN3O3. The molecule has 2 rings (SSSR count). The highest BCUT2D eigenvalue weighted by Gasteiger charge is 2.35. The van der Waals surface area contributed by atoms with E-state index >= 15 is 0 Å². The smallest absolute Gasteiger partial charge is 0.313 e. The maximum absolute atomic E-state index is 12.3. The summed E-state index contributed by atoms with van der Waals surface area (Å²) in [6.45, 7) is 6.32. The number of halogens is 1. The maximum atomic E-state index is 12.3. The molecule has 1 aromatic carbocycles. The Morgan fingerprint density at radius 1 is 1.48 bits per heavy atom. The zero-order valence-corrected chi connectivity index (χ0v) is 14.0. The van der Waals surface area contributed by atoms with Crippen molar-refractivity contribution in [2.75, 3.05) is 18.4 Å². The molecule has 0 spiro atoms. The molecule has 0 unspecified atom stereocenters. The number of carbonyl (C=O) groups excluding carboxylic acids is 2. The van der Waals surface area contributed by atoms with Gasteiger partial charge in [0.25, 0.3) is 0 Å². The van der Waals surface area contributed by atoms with Crippen molar-refractivity contribution in [3.8, 4) is 6.07 Å². The van der Waals surface area contributed by atoms with Crippen molar-refractivity contribution in [2.24, 2.45) is 0 Å². The number of carbonyl (C=O) groups is 2. The van der Waals surface area contributed by atoms with Crippen LogP contribution in [0.1, 0.15) is 26.3 Å². The second-order valence-corrected chi connectivity index (χ2v) is 6.54. The largest absolute Gasteiger partial charge is 0.369 e. The molecule has 1 heterocycles. The molecule has 2 amide bonds. The van der Waals surface area contributed by atoms with Gasteiger partial charge in [0.2, 0.25) is 0 Å². The van der Waals surface area contributed by atoms with Gasteiger partial charge in [-0.05, 0) is 39.0 Å². The van der Waals surface area contributed by atoms with Crippen molar-refractivity contribution in [3.63, 3.8) is 0 Å². The molecular weight excluding hydrogens is 318 g/mol. The lowest BCUT2D eigenvalue weighted by Crippen LogP contribution is -2.56. The molecule has 1 aromatic rings.